The van der Waals surface area contributed by atoms with Crippen LogP contribution in [0.3, 0.4) is 0 Å². The number of hydrogen-bond acceptors (Lipinski definition) is 3. The summed E-state index contributed by atoms with van der Waals surface area (Å²) < 4.78 is 4.74. The van der Waals surface area contributed by atoms with Gasteiger partial charge in [-0.3, -0.25) is 0 Å². The van der Waals surface area contributed by atoms with Crippen LogP contribution >= 0.6 is 11.6 Å². The van der Waals surface area contributed by atoms with E-state index in [2.05, 4.69) is 0 Å². The first-order chi connectivity index (χ1) is 8.19. The summed E-state index contributed by atoms with van der Waals surface area (Å²) in [7, 11) is 0. The molecule has 0 bridgehead atoms. The van der Waals surface area contributed by atoms with Crippen molar-refractivity contribution >= 4 is 17.6 Å². The highest BCUT2D eigenvalue weighted by molar-refractivity contribution is 6.31. The van der Waals surface area contributed by atoms with Crippen LogP contribution in [-0.4, -0.2) is 18.1 Å². The van der Waals surface area contributed by atoms with Gasteiger partial charge in [-0.1, -0.05) is 29.8 Å². The van der Waals surface area contributed by atoms with E-state index >= 15 is 0 Å². The standard InChI is InChI=1S/C12H14ClNO3.H2O/c1-2-17-12(15)11(14-16)8-7-9-5-3-4-6-10(9)13;/h3-6,8H,2,7,14H2,1H3;1H2/b11-8+;. The summed E-state index contributed by atoms with van der Waals surface area (Å²) in [5, 5.41) is 11.3. The molecule has 0 unspecified atom stereocenters. The molecule has 0 aromatic heterocycles. The molecular weight excluding hydrogens is 258 g/mol. The number of nitrogens with two attached hydrogens (primary N) is 1. The second kappa shape index (κ2) is 8.66. The Morgan fingerprint density at radius 3 is 2.72 bits per heavy atom. The highest BCUT2D eigenvalue weighted by atomic mass is 35.5. The van der Waals surface area contributed by atoms with E-state index in [-0.39, 0.29) is 17.8 Å². The Hall–Kier alpha value is -1.40. The molecule has 1 rings (SSSR count). The van der Waals surface area contributed by atoms with Crippen molar-refractivity contribution in [2.24, 2.45) is 0 Å². The maximum Gasteiger partial charge on any atom is 0.392 e. The van der Waals surface area contributed by atoms with Crippen molar-refractivity contribution in [3.63, 3.8) is 0 Å². The SMILES string of the molecule is CCOC(=O)/C(=C\Cc1ccccc1Cl)[NH2+][O-].O. The predicted octanol–water partition coefficient (Wildman–Crippen LogP) is 0.566. The minimum atomic E-state index is -0.602. The molecule has 100 valence electrons. The average molecular weight is 274 g/mol. The van der Waals surface area contributed by atoms with Crippen molar-refractivity contribution in [1.82, 2.24) is 0 Å². The number of esters is 1. The highest BCUT2D eigenvalue weighted by Gasteiger charge is 2.11. The summed E-state index contributed by atoms with van der Waals surface area (Å²) in [5.41, 5.74) is 1.37. The van der Waals surface area contributed by atoms with Crippen LogP contribution in [0, 0.1) is 5.21 Å². The minimum Gasteiger partial charge on any atom is -0.630 e. The fourth-order valence-electron chi connectivity index (χ4n) is 1.28. The molecular formula is C12H16ClNO4. The number of benzene rings is 1. The van der Waals surface area contributed by atoms with Crippen molar-refractivity contribution in [3.8, 4) is 0 Å². The topological polar surface area (TPSA) is 97.5 Å². The molecule has 0 aliphatic carbocycles. The quantitative estimate of drug-likeness (QED) is 0.482. The molecule has 5 nitrogen and oxygen atoms in total. The Morgan fingerprint density at radius 2 is 2.17 bits per heavy atom. The lowest BCUT2D eigenvalue weighted by Gasteiger charge is -2.06. The molecule has 0 spiro atoms. The summed E-state index contributed by atoms with van der Waals surface area (Å²) in [4.78, 5) is 11.3. The largest absolute Gasteiger partial charge is 0.630 e. The van der Waals surface area contributed by atoms with Crippen LogP contribution in [0.5, 0.6) is 0 Å². The maximum absolute atomic E-state index is 11.3. The number of rotatable bonds is 5. The number of ether oxygens (including phenoxy) is 1. The zero-order valence-corrected chi connectivity index (χ0v) is 10.7. The zero-order valence-electron chi connectivity index (χ0n) is 9.98. The number of allylic oxidation sites excluding steroid dienone is 1. The molecule has 0 radical (unpaired) electrons. The van der Waals surface area contributed by atoms with Gasteiger partial charge in [0.1, 0.15) is 0 Å². The van der Waals surface area contributed by atoms with E-state index in [1.807, 2.05) is 18.2 Å². The lowest BCUT2D eigenvalue weighted by atomic mass is 10.1. The second-order valence-corrected chi connectivity index (χ2v) is 3.70. The van der Waals surface area contributed by atoms with Gasteiger partial charge in [0.2, 0.25) is 5.70 Å². The van der Waals surface area contributed by atoms with Gasteiger partial charge in [-0.2, -0.15) is 0 Å². The van der Waals surface area contributed by atoms with Gasteiger partial charge in [-0.25, -0.2) is 4.79 Å². The molecule has 4 N–H and O–H groups in total. The monoisotopic (exact) mass is 273 g/mol. The van der Waals surface area contributed by atoms with E-state index in [4.69, 9.17) is 16.3 Å². The van der Waals surface area contributed by atoms with E-state index in [0.717, 1.165) is 5.56 Å². The van der Waals surface area contributed by atoms with Gasteiger partial charge in [0.25, 0.3) is 0 Å². The van der Waals surface area contributed by atoms with Crippen LogP contribution in [0.15, 0.2) is 36.0 Å². The van der Waals surface area contributed by atoms with E-state index < -0.39 is 5.97 Å². The fourth-order valence-corrected chi connectivity index (χ4v) is 1.49. The third-order valence-electron chi connectivity index (χ3n) is 2.14. The van der Waals surface area contributed by atoms with E-state index in [1.165, 1.54) is 6.08 Å². The second-order valence-electron chi connectivity index (χ2n) is 3.29. The maximum atomic E-state index is 11.3. The molecule has 0 atom stereocenters. The molecule has 0 aliphatic rings. The van der Waals surface area contributed by atoms with Crippen molar-refractivity contribution in [1.29, 1.82) is 0 Å². The molecule has 18 heavy (non-hydrogen) atoms. The van der Waals surface area contributed by atoms with E-state index in [0.29, 0.717) is 16.9 Å². The third-order valence-corrected chi connectivity index (χ3v) is 2.51. The fraction of sp³-hybridized carbons (Fsp3) is 0.250. The van der Waals surface area contributed by atoms with E-state index in [9.17, 15) is 10.0 Å². The molecule has 1 aromatic carbocycles. The van der Waals surface area contributed by atoms with Gasteiger partial charge in [0.05, 0.1) is 6.61 Å². The van der Waals surface area contributed by atoms with Gasteiger partial charge in [-0.05, 0) is 31.1 Å². The Balaban J connectivity index is 0.00000289. The Morgan fingerprint density at radius 1 is 1.50 bits per heavy atom. The predicted molar refractivity (Wildman–Crippen MR) is 68.8 cm³/mol. The summed E-state index contributed by atoms with van der Waals surface area (Å²) >= 11 is 5.96. The average Bonchev–Trinajstić information content (AvgIpc) is 2.32. The number of hydrogen-bond donors (Lipinski definition) is 1. The van der Waals surface area contributed by atoms with Crippen LogP contribution < -0.4 is 5.48 Å². The summed E-state index contributed by atoms with van der Waals surface area (Å²) in [5.74, 6) is -0.602. The van der Waals surface area contributed by atoms with Crippen LogP contribution in [0.1, 0.15) is 12.5 Å². The minimum absolute atomic E-state index is 0. The number of carbonyl (C=O) groups is 1. The molecule has 0 saturated heterocycles. The lowest BCUT2D eigenvalue weighted by Crippen LogP contribution is -2.77. The first-order valence-electron chi connectivity index (χ1n) is 5.25. The van der Waals surface area contributed by atoms with Gasteiger partial charge in [0.15, 0.2) is 0 Å². The third kappa shape index (κ3) is 4.85. The molecule has 0 heterocycles. The Kier molecular flexibility index (Phi) is 7.98. The normalized spacial score (nSPS) is 10.7. The van der Waals surface area contributed by atoms with Gasteiger partial charge in [0, 0.05) is 5.02 Å². The summed E-state index contributed by atoms with van der Waals surface area (Å²) in [6, 6.07) is 7.27. The van der Waals surface area contributed by atoms with Crippen LogP contribution in [0.2, 0.25) is 5.02 Å². The van der Waals surface area contributed by atoms with Gasteiger partial charge >= 0.3 is 5.97 Å². The Labute approximate surface area is 110 Å². The molecule has 1 aromatic rings. The van der Waals surface area contributed by atoms with E-state index in [1.54, 1.807) is 13.0 Å². The van der Waals surface area contributed by atoms with Crippen molar-refractivity contribution < 1.29 is 20.5 Å². The first-order valence-corrected chi connectivity index (χ1v) is 5.62. The highest BCUT2D eigenvalue weighted by Crippen LogP contribution is 2.15. The summed E-state index contributed by atoms with van der Waals surface area (Å²) in [6.45, 7) is 1.94. The van der Waals surface area contributed by atoms with Crippen LogP contribution in [-0.2, 0) is 16.0 Å². The van der Waals surface area contributed by atoms with Gasteiger partial charge in [-0.15, -0.1) is 0 Å². The van der Waals surface area contributed by atoms with Crippen LogP contribution in [0.4, 0.5) is 0 Å². The molecule has 0 amide bonds. The Bertz CT molecular complexity index is 420. The van der Waals surface area contributed by atoms with Gasteiger partial charge < -0.3 is 20.9 Å². The number of quaternary nitrogens is 1. The van der Waals surface area contributed by atoms with Crippen LogP contribution in [0.25, 0.3) is 0 Å². The molecule has 0 fully saturated rings. The number of carbonyl (C=O) groups excluding carboxylic acids is 1. The smallest absolute Gasteiger partial charge is 0.392 e. The number of hydroxylamine groups is 1. The molecule has 6 heteroatoms. The van der Waals surface area contributed by atoms with Crippen molar-refractivity contribution in [3.05, 3.63) is 51.8 Å². The molecule has 0 saturated carbocycles. The summed E-state index contributed by atoms with van der Waals surface area (Å²) in [6.07, 6.45) is 1.94. The zero-order chi connectivity index (χ0) is 12.7. The molecule has 0 aliphatic heterocycles. The number of halogens is 1. The van der Waals surface area contributed by atoms with Crippen molar-refractivity contribution in [2.45, 2.75) is 13.3 Å². The van der Waals surface area contributed by atoms with Crippen molar-refractivity contribution in [2.75, 3.05) is 6.61 Å². The lowest BCUT2D eigenvalue weighted by molar-refractivity contribution is -0.531. The first kappa shape index (κ1) is 16.6.